The van der Waals surface area contributed by atoms with Crippen LogP contribution in [-0.4, -0.2) is 24.4 Å². The summed E-state index contributed by atoms with van der Waals surface area (Å²) in [6, 6.07) is 12.8. The Balaban J connectivity index is 1.42. The van der Waals surface area contributed by atoms with Gasteiger partial charge in [-0.15, -0.1) is 0 Å². The number of hydrogen-bond donors (Lipinski definition) is 2. The summed E-state index contributed by atoms with van der Waals surface area (Å²) in [4.78, 5) is 0. The number of aliphatic hydroxyl groups excluding tert-OH is 1. The third-order valence-corrected chi connectivity index (χ3v) is 4.24. The highest BCUT2D eigenvalue weighted by molar-refractivity contribution is 5.30. The molecule has 0 unspecified atom stereocenters. The summed E-state index contributed by atoms with van der Waals surface area (Å²) in [6.07, 6.45) is 4.75. The first-order valence-electron chi connectivity index (χ1n) is 8.02. The van der Waals surface area contributed by atoms with Crippen molar-refractivity contribution in [3.05, 3.63) is 59.5 Å². The summed E-state index contributed by atoms with van der Waals surface area (Å²) in [7, 11) is 0. The molecule has 0 bridgehead atoms. The van der Waals surface area contributed by atoms with E-state index in [2.05, 4.69) is 29.6 Å². The van der Waals surface area contributed by atoms with Crippen LogP contribution in [0.25, 0.3) is 0 Å². The van der Waals surface area contributed by atoms with Crippen molar-refractivity contribution in [3.63, 3.8) is 0 Å². The second-order valence-corrected chi connectivity index (χ2v) is 5.92. The Morgan fingerprint density at radius 1 is 1.27 bits per heavy atom. The fraction of sp³-hybridized carbons (Fsp3) is 0.444. The molecule has 118 valence electrons. The standard InChI is InChI=1S/C18H23NO3/c20-15(12-21-13-16-7-4-10-22-16)11-19-18-9-3-6-14-5-1-2-8-17(14)18/h1-2,4-5,7-8,10,15,18-20H,3,6,9,11-13H2/p+1/t15-,18+/m0/s1. The molecule has 1 aliphatic rings. The minimum Gasteiger partial charge on any atom is -0.467 e. The zero-order valence-electron chi connectivity index (χ0n) is 12.8. The quantitative estimate of drug-likeness (QED) is 0.820. The van der Waals surface area contributed by atoms with Gasteiger partial charge in [-0.3, -0.25) is 0 Å². The molecular formula is C18H24NO3+. The van der Waals surface area contributed by atoms with Crippen LogP contribution in [0.4, 0.5) is 0 Å². The first kappa shape index (κ1) is 15.3. The number of ether oxygens (including phenoxy) is 1. The van der Waals surface area contributed by atoms with E-state index < -0.39 is 6.10 Å². The fourth-order valence-corrected chi connectivity index (χ4v) is 3.12. The number of benzene rings is 1. The molecule has 0 fully saturated rings. The lowest BCUT2D eigenvalue weighted by Gasteiger charge is -2.24. The largest absolute Gasteiger partial charge is 0.467 e. The highest BCUT2D eigenvalue weighted by Crippen LogP contribution is 2.26. The number of aryl methyl sites for hydroxylation is 1. The van der Waals surface area contributed by atoms with Crippen LogP contribution in [-0.2, 0) is 17.8 Å². The monoisotopic (exact) mass is 302 g/mol. The van der Waals surface area contributed by atoms with Gasteiger partial charge in [0, 0.05) is 12.0 Å². The topological polar surface area (TPSA) is 59.2 Å². The average molecular weight is 302 g/mol. The van der Waals surface area contributed by atoms with Crippen LogP contribution in [0.15, 0.2) is 47.1 Å². The molecular weight excluding hydrogens is 278 g/mol. The van der Waals surface area contributed by atoms with E-state index in [1.807, 2.05) is 12.1 Å². The molecule has 2 atom stereocenters. The molecule has 0 saturated carbocycles. The Kier molecular flexibility index (Phi) is 5.27. The molecule has 1 aliphatic carbocycles. The van der Waals surface area contributed by atoms with Crippen molar-refractivity contribution in [1.29, 1.82) is 0 Å². The van der Waals surface area contributed by atoms with Crippen LogP contribution in [0.3, 0.4) is 0 Å². The maximum atomic E-state index is 10.1. The zero-order chi connectivity index (χ0) is 15.2. The highest BCUT2D eigenvalue weighted by Gasteiger charge is 2.23. The van der Waals surface area contributed by atoms with Gasteiger partial charge in [0.05, 0.1) is 12.9 Å². The van der Waals surface area contributed by atoms with E-state index in [0.717, 1.165) is 5.76 Å². The third kappa shape index (κ3) is 3.97. The molecule has 2 aromatic rings. The molecule has 0 spiro atoms. The summed E-state index contributed by atoms with van der Waals surface area (Å²) in [6.45, 7) is 1.42. The minimum atomic E-state index is -0.455. The maximum Gasteiger partial charge on any atom is 0.129 e. The second kappa shape index (κ2) is 7.58. The van der Waals surface area contributed by atoms with Gasteiger partial charge < -0.3 is 19.6 Å². The first-order chi connectivity index (χ1) is 10.8. The Labute approximate surface area is 131 Å². The summed E-state index contributed by atoms with van der Waals surface area (Å²) >= 11 is 0. The smallest absolute Gasteiger partial charge is 0.129 e. The normalized spacial score (nSPS) is 18.9. The van der Waals surface area contributed by atoms with Gasteiger partial charge in [0.15, 0.2) is 0 Å². The molecule has 4 nitrogen and oxygen atoms in total. The number of rotatable bonds is 7. The van der Waals surface area contributed by atoms with Crippen LogP contribution in [0.2, 0.25) is 0 Å². The van der Waals surface area contributed by atoms with Crippen LogP contribution in [0.1, 0.15) is 35.8 Å². The minimum absolute atomic E-state index is 0.339. The van der Waals surface area contributed by atoms with Crippen molar-refractivity contribution < 1.29 is 19.6 Å². The molecule has 0 amide bonds. The van der Waals surface area contributed by atoms with Crippen molar-refractivity contribution in [2.75, 3.05) is 13.2 Å². The van der Waals surface area contributed by atoms with Gasteiger partial charge in [0.2, 0.25) is 0 Å². The highest BCUT2D eigenvalue weighted by atomic mass is 16.5. The predicted octanol–water partition coefficient (Wildman–Crippen LogP) is 1.80. The lowest BCUT2D eigenvalue weighted by molar-refractivity contribution is -0.703. The Morgan fingerprint density at radius 2 is 2.18 bits per heavy atom. The number of quaternary nitrogens is 1. The van der Waals surface area contributed by atoms with Crippen molar-refractivity contribution in [2.24, 2.45) is 0 Å². The number of hydrogen-bond acceptors (Lipinski definition) is 3. The molecule has 0 radical (unpaired) electrons. The Morgan fingerprint density at radius 3 is 3.05 bits per heavy atom. The van der Waals surface area contributed by atoms with Crippen LogP contribution < -0.4 is 5.32 Å². The molecule has 1 aromatic heterocycles. The third-order valence-electron chi connectivity index (χ3n) is 4.24. The van der Waals surface area contributed by atoms with Crippen molar-refractivity contribution in [2.45, 2.75) is 38.0 Å². The van der Waals surface area contributed by atoms with Gasteiger partial charge in [-0.1, -0.05) is 24.3 Å². The average Bonchev–Trinajstić information content (AvgIpc) is 3.06. The maximum absolute atomic E-state index is 10.1. The van der Waals surface area contributed by atoms with Crippen molar-refractivity contribution >= 4 is 0 Å². The molecule has 4 heteroatoms. The lowest BCUT2D eigenvalue weighted by atomic mass is 9.88. The molecule has 0 aliphatic heterocycles. The van der Waals surface area contributed by atoms with E-state index in [0.29, 0.717) is 25.8 Å². The molecule has 3 rings (SSSR count). The molecule has 0 saturated heterocycles. The molecule has 1 aromatic carbocycles. The van der Waals surface area contributed by atoms with Crippen molar-refractivity contribution in [3.8, 4) is 0 Å². The summed E-state index contributed by atoms with van der Waals surface area (Å²) in [5.74, 6) is 0.789. The van der Waals surface area contributed by atoms with E-state index >= 15 is 0 Å². The lowest BCUT2D eigenvalue weighted by Crippen LogP contribution is -2.87. The van der Waals surface area contributed by atoms with E-state index in [4.69, 9.17) is 9.15 Å². The summed E-state index contributed by atoms with van der Waals surface area (Å²) in [5.41, 5.74) is 2.89. The molecule has 1 heterocycles. The SMILES string of the molecule is O[C@@H](C[NH2+][C@@H]1CCCc2ccccc21)COCc1ccco1. The van der Waals surface area contributed by atoms with Gasteiger partial charge in [-0.2, -0.15) is 0 Å². The molecule has 3 N–H and O–H groups in total. The number of furan rings is 1. The van der Waals surface area contributed by atoms with Gasteiger partial charge in [0.25, 0.3) is 0 Å². The fourth-order valence-electron chi connectivity index (χ4n) is 3.12. The van der Waals surface area contributed by atoms with Gasteiger partial charge in [0.1, 0.15) is 31.1 Å². The molecule has 22 heavy (non-hydrogen) atoms. The number of aliphatic hydroxyl groups is 1. The Hall–Kier alpha value is -1.62. The van der Waals surface area contributed by atoms with E-state index in [9.17, 15) is 5.11 Å². The summed E-state index contributed by atoms with van der Waals surface area (Å²) in [5, 5.41) is 12.3. The number of nitrogens with two attached hydrogens (primary N) is 1. The number of fused-ring (bicyclic) bond motifs is 1. The first-order valence-corrected chi connectivity index (χ1v) is 8.02. The van der Waals surface area contributed by atoms with E-state index in [1.165, 1.54) is 30.4 Å². The Bertz CT molecular complexity index is 567. The summed E-state index contributed by atoms with van der Waals surface area (Å²) < 4.78 is 10.7. The zero-order valence-corrected chi connectivity index (χ0v) is 12.8. The van der Waals surface area contributed by atoms with Gasteiger partial charge >= 0.3 is 0 Å². The predicted molar refractivity (Wildman–Crippen MR) is 83.3 cm³/mol. The van der Waals surface area contributed by atoms with E-state index in [-0.39, 0.29) is 0 Å². The van der Waals surface area contributed by atoms with E-state index in [1.54, 1.807) is 6.26 Å². The van der Waals surface area contributed by atoms with Gasteiger partial charge in [-0.25, -0.2) is 0 Å². The van der Waals surface area contributed by atoms with Crippen LogP contribution in [0, 0.1) is 0 Å². The van der Waals surface area contributed by atoms with Crippen LogP contribution >= 0.6 is 0 Å². The van der Waals surface area contributed by atoms with Gasteiger partial charge in [-0.05, 0) is 30.5 Å². The van der Waals surface area contributed by atoms with Crippen molar-refractivity contribution in [1.82, 2.24) is 0 Å². The van der Waals surface area contributed by atoms with Crippen LogP contribution in [0.5, 0.6) is 0 Å². The second-order valence-electron chi connectivity index (χ2n) is 5.92.